The van der Waals surface area contributed by atoms with Crippen molar-refractivity contribution in [1.82, 2.24) is 10.2 Å². The smallest absolute Gasteiger partial charge is 0.240 e. The van der Waals surface area contributed by atoms with Crippen LogP contribution in [0.5, 0.6) is 0 Å². The molecule has 2 rings (SSSR count). The third-order valence-corrected chi connectivity index (χ3v) is 5.03. The molecule has 1 saturated heterocycles. The van der Waals surface area contributed by atoms with Gasteiger partial charge < -0.3 is 5.32 Å². The van der Waals surface area contributed by atoms with Crippen molar-refractivity contribution < 1.29 is 14.4 Å². The summed E-state index contributed by atoms with van der Waals surface area (Å²) in [5, 5.41) is 3.85. The highest BCUT2D eigenvalue weighted by Crippen LogP contribution is 2.30. The minimum Gasteiger partial charge on any atom is -0.350 e. The van der Waals surface area contributed by atoms with Crippen molar-refractivity contribution >= 4 is 41.0 Å². The molecule has 0 radical (unpaired) electrons. The zero-order chi connectivity index (χ0) is 18.6. The normalized spacial score (nSPS) is 16.4. The lowest BCUT2D eigenvalue weighted by molar-refractivity contribution is -0.131. The summed E-state index contributed by atoms with van der Waals surface area (Å²) in [7, 11) is 0. The first-order chi connectivity index (χ1) is 11.7. The van der Waals surface area contributed by atoms with E-state index in [1.54, 1.807) is 6.07 Å². The van der Waals surface area contributed by atoms with Crippen LogP contribution in [-0.2, 0) is 20.9 Å². The van der Waals surface area contributed by atoms with Crippen LogP contribution in [0.4, 0.5) is 0 Å². The van der Waals surface area contributed by atoms with Crippen LogP contribution in [0.25, 0.3) is 0 Å². The number of hydrogen-bond acceptors (Lipinski definition) is 4. The Bertz CT molecular complexity index is 725. The van der Waals surface area contributed by atoms with Gasteiger partial charge in [0.2, 0.25) is 11.8 Å². The first kappa shape index (κ1) is 19.5. The average molecular weight is 381 g/mol. The molecule has 134 valence electrons. The van der Waals surface area contributed by atoms with E-state index in [2.05, 4.69) is 5.32 Å². The molecule has 7 heteroatoms. The second-order valence-electron chi connectivity index (χ2n) is 6.73. The SMILES string of the molecule is CC(C)(C)C(=O)C=C1SCC(=O)N1CC(=O)NCc1ccccc1Cl. The zero-order valence-corrected chi connectivity index (χ0v) is 16.0. The number of rotatable bonds is 5. The summed E-state index contributed by atoms with van der Waals surface area (Å²) in [4.78, 5) is 37.7. The molecule has 0 unspecified atom stereocenters. The lowest BCUT2D eigenvalue weighted by Crippen LogP contribution is -2.37. The Hall–Kier alpha value is -1.79. The number of allylic oxidation sites excluding steroid dienone is 1. The van der Waals surface area contributed by atoms with Crippen LogP contribution < -0.4 is 5.32 Å². The molecule has 2 amide bonds. The predicted molar refractivity (Wildman–Crippen MR) is 100 cm³/mol. The Balaban J connectivity index is 2.00. The number of carbonyl (C=O) groups excluding carboxylic acids is 3. The van der Waals surface area contributed by atoms with E-state index in [-0.39, 0.29) is 36.4 Å². The molecule has 0 saturated carbocycles. The van der Waals surface area contributed by atoms with Gasteiger partial charge in [-0.3, -0.25) is 19.3 Å². The molecule has 0 atom stereocenters. The van der Waals surface area contributed by atoms with Gasteiger partial charge in [0.15, 0.2) is 5.78 Å². The van der Waals surface area contributed by atoms with E-state index in [1.807, 2.05) is 39.0 Å². The van der Waals surface area contributed by atoms with E-state index in [4.69, 9.17) is 11.6 Å². The number of halogens is 1. The fourth-order valence-electron chi connectivity index (χ4n) is 2.06. The minimum atomic E-state index is -0.531. The molecule has 0 bridgehead atoms. The van der Waals surface area contributed by atoms with Gasteiger partial charge in [-0.1, -0.05) is 62.3 Å². The summed E-state index contributed by atoms with van der Waals surface area (Å²) < 4.78 is 0. The number of nitrogens with one attached hydrogen (secondary N) is 1. The first-order valence-corrected chi connectivity index (χ1v) is 9.24. The van der Waals surface area contributed by atoms with Gasteiger partial charge in [0.1, 0.15) is 6.54 Å². The number of ketones is 1. The molecule has 25 heavy (non-hydrogen) atoms. The predicted octanol–water partition coefficient (Wildman–Crippen LogP) is 2.99. The monoisotopic (exact) mass is 380 g/mol. The van der Waals surface area contributed by atoms with Gasteiger partial charge in [-0.25, -0.2) is 0 Å². The number of benzene rings is 1. The Morgan fingerprint density at radius 2 is 2.00 bits per heavy atom. The van der Waals surface area contributed by atoms with Crippen LogP contribution in [0.3, 0.4) is 0 Å². The topological polar surface area (TPSA) is 66.5 Å². The van der Waals surface area contributed by atoms with Gasteiger partial charge in [0.25, 0.3) is 0 Å². The average Bonchev–Trinajstić information content (AvgIpc) is 2.86. The molecule has 1 aromatic carbocycles. The third-order valence-electron chi connectivity index (χ3n) is 3.64. The standard InChI is InChI=1S/C18H21ClN2O3S/c1-18(2,3)14(22)8-17-21(16(24)11-25-17)10-15(23)20-9-12-6-4-5-7-13(12)19/h4-8H,9-11H2,1-3H3,(H,20,23). The fourth-order valence-corrected chi connectivity index (χ4v) is 3.21. The molecular weight excluding hydrogens is 360 g/mol. The number of thioether (sulfide) groups is 1. The summed E-state index contributed by atoms with van der Waals surface area (Å²) in [6, 6.07) is 7.24. The van der Waals surface area contributed by atoms with E-state index in [9.17, 15) is 14.4 Å². The van der Waals surface area contributed by atoms with E-state index in [0.717, 1.165) is 5.56 Å². The third kappa shape index (κ3) is 5.34. The fraction of sp³-hybridized carbons (Fsp3) is 0.389. The molecule has 5 nitrogen and oxygen atoms in total. The number of carbonyl (C=O) groups is 3. The number of hydrogen-bond donors (Lipinski definition) is 1. The first-order valence-electron chi connectivity index (χ1n) is 7.88. The molecule has 1 N–H and O–H groups in total. The molecule has 1 heterocycles. The van der Waals surface area contributed by atoms with Crippen LogP contribution in [-0.4, -0.2) is 34.8 Å². The second-order valence-corrected chi connectivity index (χ2v) is 8.14. The molecule has 0 spiro atoms. The minimum absolute atomic E-state index is 0.0776. The highest BCUT2D eigenvalue weighted by atomic mass is 35.5. The summed E-state index contributed by atoms with van der Waals surface area (Å²) in [5.74, 6) is -0.317. The van der Waals surface area contributed by atoms with Gasteiger partial charge in [0.05, 0.1) is 10.8 Å². The molecule has 1 aromatic rings. The number of nitrogens with zero attached hydrogens (tertiary/aromatic N) is 1. The van der Waals surface area contributed by atoms with Gasteiger partial charge in [-0.15, -0.1) is 0 Å². The van der Waals surface area contributed by atoms with Crippen molar-refractivity contribution in [3.63, 3.8) is 0 Å². The van der Waals surface area contributed by atoms with E-state index in [0.29, 0.717) is 10.1 Å². The Labute approximate surface area is 156 Å². The summed E-state index contributed by atoms with van der Waals surface area (Å²) >= 11 is 7.34. The van der Waals surface area contributed by atoms with E-state index < -0.39 is 5.41 Å². The molecule has 0 aromatic heterocycles. The van der Waals surface area contributed by atoms with Crippen molar-refractivity contribution in [2.45, 2.75) is 27.3 Å². The van der Waals surface area contributed by atoms with Gasteiger partial charge >= 0.3 is 0 Å². The van der Waals surface area contributed by atoms with Crippen LogP contribution in [0.15, 0.2) is 35.4 Å². The van der Waals surface area contributed by atoms with Crippen molar-refractivity contribution in [2.24, 2.45) is 5.41 Å². The van der Waals surface area contributed by atoms with Gasteiger partial charge in [-0.05, 0) is 11.6 Å². The maximum Gasteiger partial charge on any atom is 0.240 e. The van der Waals surface area contributed by atoms with E-state index in [1.165, 1.54) is 22.7 Å². The van der Waals surface area contributed by atoms with Crippen molar-refractivity contribution in [3.8, 4) is 0 Å². The Kier molecular flexibility index (Phi) is 6.30. The summed E-state index contributed by atoms with van der Waals surface area (Å²) in [5.41, 5.74) is 0.273. The maximum absolute atomic E-state index is 12.2. The lowest BCUT2D eigenvalue weighted by Gasteiger charge is -2.19. The molecular formula is C18H21ClN2O3S. The highest BCUT2D eigenvalue weighted by molar-refractivity contribution is 8.04. The summed E-state index contributed by atoms with van der Waals surface area (Å²) in [6.45, 7) is 5.62. The molecule has 1 aliphatic heterocycles. The second kappa shape index (κ2) is 8.06. The molecule has 1 fully saturated rings. The van der Waals surface area contributed by atoms with Crippen LogP contribution in [0, 0.1) is 5.41 Å². The van der Waals surface area contributed by atoms with Crippen molar-refractivity contribution in [1.29, 1.82) is 0 Å². The Morgan fingerprint density at radius 3 is 2.64 bits per heavy atom. The van der Waals surface area contributed by atoms with Gasteiger partial charge in [0, 0.05) is 23.1 Å². The largest absolute Gasteiger partial charge is 0.350 e. The van der Waals surface area contributed by atoms with E-state index >= 15 is 0 Å². The van der Waals surface area contributed by atoms with Crippen molar-refractivity contribution in [3.05, 3.63) is 46.0 Å². The van der Waals surface area contributed by atoms with Crippen LogP contribution >= 0.6 is 23.4 Å². The van der Waals surface area contributed by atoms with Crippen LogP contribution in [0.2, 0.25) is 5.02 Å². The van der Waals surface area contributed by atoms with Crippen molar-refractivity contribution in [2.75, 3.05) is 12.3 Å². The maximum atomic E-state index is 12.2. The summed E-state index contributed by atoms with van der Waals surface area (Å²) in [6.07, 6.45) is 1.46. The highest BCUT2D eigenvalue weighted by Gasteiger charge is 2.30. The number of amides is 2. The van der Waals surface area contributed by atoms with Gasteiger partial charge in [-0.2, -0.15) is 0 Å². The lowest BCUT2D eigenvalue weighted by atomic mass is 9.91. The Morgan fingerprint density at radius 1 is 1.32 bits per heavy atom. The van der Waals surface area contributed by atoms with Crippen LogP contribution in [0.1, 0.15) is 26.3 Å². The zero-order valence-electron chi connectivity index (χ0n) is 14.5. The molecule has 1 aliphatic rings. The quantitative estimate of drug-likeness (QED) is 0.797. The molecule has 0 aliphatic carbocycles.